The number of rotatable bonds is 5. The highest BCUT2D eigenvalue weighted by Crippen LogP contribution is 2.44. The number of para-hydroxylation sites is 2. The van der Waals surface area contributed by atoms with Gasteiger partial charge in [-0.25, -0.2) is 4.98 Å². The number of fused-ring (bicyclic) bond motifs is 3. The van der Waals surface area contributed by atoms with E-state index in [2.05, 4.69) is 4.90 Å². The Morgan fingerprint density at radius 2 is 1.46 bits per heavy atom. The molecule has 200 valence electrons. The fourth-order valence-corrected chi connectivity index (χ4v) is 8.42. The highest BCUT2D eigenvalue weighted by molar-refractivity contribution is 5.76. The maximum absolute atomic E-state index is 14.1. The van der Waals surface area contributed by atoms with Crippen LogP contribution in [0.4, 0.5) is 0 Å². The zero-order valence-corrected chi connectivity index (χ0v) is 22.2. The molecule has 2 saturated carbocycles. The Hall–Kier alpha value is -2.21. The van der Waals surface area contributed by atoms with Crippen LogP contribution in [0.3, 0.4) is 0 Å². The average molecular weight is 506 g/mol. The van der Waals surface area contributed by atoms with Crippen molar-refractivity contribution < 1.29 is 9.90 Å². The van der Waals surface area contributed by atoms with Crippen molar-refractivity contribution in [3.8, 4) is 0 Å². The third kappa shape index (κ3) is 4.75. The number of nitrogens with zero attached hydrogens (tertiary/aromatic N) is 3. The van der Waals surface area contributed by atoms with Gasteiger partial charge in [0.05, 0.1) is 16.4 Å². The Kier molecular flexibility index (Phi) is 7.13. The summed E-state index contributed by atoms with van der Waals surface area (Å²) >= 11 is 0. The smallest absolute Gasteiger partial charge is 0.310 e. The molecule has 3 heterocycles. The first-order valence-corrected chi connectivity index (χ1v) is 15.1. The molecule has 1 unspecified atom stereocenters. The molecule has 37 heavy (non-hydrogen) atoms. The second-order valence-corrected chi connectivity index (χ2v) is 12.5. The van der Waals surface area contributed by atoms with Crippen molar-refractivity contribution in [1.82, 2.24) is 14.5 Å². The van der Waals surface area contributed by atoms with E-state index in [1.165, 1.54) is 57.8 Å². The minimum absolute atomic E-state index is 0.0475. The van der Waals surface area contributed by atoms with E-state index in [0.717, 1.165) is 43.1 Å². The fourth-order valence-electron chi connectivity index (χ4n) is 8.42. The molecule has 4 fully saturated rings. The molecule has 0 spiro atoms. The Bertz CT molecular complexity index is 1160. The van der Waals surface area contributed by atoms with Gasteiger partial charge in [0.1, 0.15) is 5.69 Å². The largest absolute Gasteiger partial charge is 0.481 e. The van der Waals surface area contributed by atoms with Gasteiger partial charge in [-0.2, -0.15) is 0 Å². The molecule has 2 saturated heterocycles. The first kappa shape index (κ1) is 25.1. The predicted octanol–water partition coefficient (Wildman–Crippen LogP) is 6.25. The van der Waals surface area contributed by atoms with Gasteiger partial charge in [-0.05, 0) is 63.5 Å². The second-order valence-electron chi connectivity index (χ2n) is 12.5. The Morgan fingerprint density at radius 3 is 2.14 bits per heavy atom. The minimum Gasteiger partial charge on any atom is -0.481 e. The molecule has 6 heteroatoms. The molecule has 1 aromatic heterocycles. The number of hydrogen-bond acceptors (Lipinski definition) is 4. The zero-order chi connectivity index (χ0) is 25.4. The summed E-state index contributed by atoms with van der Waals surface area (Å²) in [5, 5.41) is 10.2. The third-order valence-electron chi connectivity index (χ3n) is 10.3. The summed E-state index contributed by atoms with van der Waals surface area (Å²) in [5.41, 5.74) is 1.29. The molecular weight excluding hydrogens is 462 g/mol. The van der Waals surface area contributed by atoms with Crippen molar-refractivity contribution in [2.24, 2.45) is 5.41 Å². The van der Waals surface area contributed by atoms with E-state index in [1.54, 1.807) is 0 Å². The number of piperidine rings is 1. The van der Waals surface area contributed by atoms with E-state index in [0.29, 0.717) is 36.7 Å². The maximum atomic E-state index is 14.1. The monoisotopic (exact) mass is 505 g/mol. The van der Waals surface area contributed by atoms with E-state index >= 15 is 0 Å². The lowest BCUT2D eigenvalue weighted by Crippen LogP contribution is -2.50. The molecule has 1 N–H and O–H groups in total. The fraction of sp³-hybridized carbons (Fsp3) is 0.710. The number of aromatic nitrogens is 2. The molecule has 1 aromatic carbocycles. The summed E-state index contributed by atoms with van der Waals surface area (Å²) in [6.07, 6.45) is 18.5. The summed E-state index contributed by atoms with van der Waals surface area (Å²) in [6.45, 7) is 0. The van der Waals surface area contributed by atoms with E-state index in [-0.39, 0.29) is 18.0 Å². The van der Waals surface area contributed by atoms with E-state index < -0.39 is 11.4 Å². The van der Waals surface area contributed by atoms with E-state index in [4.69, 9.17) is 4.98 Å². The quantitative estimate of drug-likeness (QED) is 0.519. The highest BCUT2D eigenvalue weighted by Gasteiger charge is 2.45. The number of carboxylic acid groups (broad SMARTS) is 1. The molecule has 2 bridgehead atoms. The van der Waals surface area contributed by atoms with Crippen molar-refractivity contribution in [2.45, 2.75) is 133 Å². The van der Waals surface area contributed by atoms with Gasteiger partial charge >= 0.3 is 5.97 Å². The van der Waals surface area contributed by atoms with Gasteiger partial charge in [0.25, 0.3) is 5.56 Å². The van der Waals surface area contributed by atoms with E-state index in [9.17, 15) is 14.7 Å². The van der Waals surface area contributed by atoms with Gasteiger partial charge < -0.3 is 9.67 Å². The minimum atomic E-state index is -0.856. The van der Waals surface area contributed by atoms with Crippen LogP contribution < -0.4 is 5.56 Å². The van der Waals surface area contributed by atoms with Crippen LogP contribution in [-0.4, -0.2) is 43.7 Å². The van der Waals surface area contributed by atoms with Gasteiger partial charge in [0.2, 0.25) is 0 Å². The molecule has 0 radical (unpaired) electrons. The molecule has 0 amide bonds. The lowest BCUT2D eigenvalue weighted by atomic mass is 9.71. The Balaban J connectivity index is 1.33. The van der Waals surface area contributed by atoms with Crippen LogP contribution in [0, 0.1) is 5.41 Å². The van der Waals surface area contributed by atoms with Crippen molar-refractivity contribution in [1.29, 1.82) is 0 Å². The molecule has 4 aliphatic rings. The molecule has 2 aliphatic carbocycles. The van der Waals surface area contributed by atoms with Crippen molar-refractivity contribution in [3.05, 3.63) is 40.3 Å². The van der Waals surface area contributed by atoms with Gasteiger partial charge in [-0.1, -0.05) is 63.5 Å². The van der Waals surface area contributed by atoms with Crippen LogP contribution in [0.15, 0.2) is 29.1 Å². The summed E-state index contributed by atoms with van der Waals surface area (Å²) in [4.78, 5) is 34.2. The number of hydrogen-bond donors (Lipinski definition) is 1. The first-order valence-electron chi connectivity index (χ1n) is 15.1. The number of carbonyl (C=O) groups is 1. The number of benzene rings is 1. The normalized spacial score (nSPS) is 29.1. The van der Waals surface area contributed by atoms with Crippen LogP contribution >= 0.6 is 0 Å². The highest BCUT2D eigenvalue weighted by atomic mass is 16.4. The topological polar surface area (TPSA) is 75.4 Å². The van der Waals surface area contributed by atoms with Gasteiger partial charge in [-0.15, -0.1) is 0 Å². The molecule has 6 rings (SSSR count). The van der Waals surface area contributed by atoms with Crippen LogP contribution in [0.25, 0.3) is 11.0 Å². The molecule has 2 aliphatic heterocycles. The van der Waals surface area contributed by atoms with Crippen LogP contribution in [-0.2, 0) is 11.2 Å². The zero-order valence-electron chi connectivity index (χ0n) is 22.2. The third-order valence-corrected chi connectivity index (χ3v) is 10.3. The standard InChI is InChI=1S/C31H43N3O3/c35-29-27(21-31(30(36)37)17-9-4-10-18-31)32-26-13-7-8-14-28(26)34(29)25-19-23-15-16-24(20-25)33(23)22-11-5-2-1-3-6-12-22/h7-8,13-14,22-25H,1-6,9-12,15-21H2,(H,36,37)/t23-,24+,25?. The summed E-state index contributed by atoms with van der Waals surface area (Å²) in [6, 6.07) is 9.97. The van der Waals surface area contributed by atoms with Gasteiger partial charge in [0, 0.05) is 30.6 Å². The molecule has 6 nitrogen and oxygen atoms in total. The van der Waals surface area contributed by atoms with Crippen LogP contribution in [0.5, 0.6) is 0 Å². The lowest BCUT2D eigenvalue weighted by Gasteiger charge is -2.45. The van der Waals surface area contributed by atoms with E-state index in [1.807, 2.05) is 28.8 Å². The van der Waals surface area contributed by atoms with Crippen molar-refractivity contribution in [2.75, 3.05) is 0 Å². The predicted molar refractivity (Wildman–Crippen MR) is 146 cm³/mol. The van der Waals surface area contributed by atoms with Gasteiger partial charge in [0.15, 0.2) is 0 Å². The SMILES string of the molecule is O=C(O)C1(Cc2nc3ccccc3n(C3C[C@H]4CC[C@@H](C3)N4C3CCCCCCC3)c2=O)CCCCC1. The summed E-state index contributed by atoms with van der Waals surface area (Å²) in [7, 11) is 0. The van der Waals surface area contributed by atoms with Crippen LogP contribution in [0.2, 0.25) is 0 Å². The maximum Gasteiger partial charge on any atom is 0.310 e. The van der Waals surface area contributed by atoms with Gasteiger partial charge in [-0.3, -0.25) is 14.5 Å². The van der Waals surface area contributed by atoms with Crippen LogP contribution in [0.1, 0.15) is 114 Å². The van der Waals surface area contributed by atoms with Crippen molar-refractivity contribution >= 4 is 17.0 Å². The molecule has 2 aromatic rings. The van der Waals surface area contributed by atoms with Crippen molar-refractivity contribution in [3.63, 3.8) is 0 Å². The lowest BCUT2D eigenvalue weighted by molar-refractivity contribution is -0.151. The number of carboxylic acids is 1. The number of aliphatic carboxylic acids is 1. The average Bonchev–Trinajstić information content (AvgIpc) is 3.13. The second kappa shape index (κ2) is 10.5. The Labute approximate surface area is 220 Å². The Morgan fingerprint density at radius 1 is 0.838 bits per heavy atom. The first-order chi connectivity index (χ1) is 18.1. The summed E-state index contributed by atoms with van der Waals surface area (Å²) < 4.78 is 2.04. The summed E-state index contributed by atoms with van der Waals surface area (Å²) in [5.74, 6) is -0.765. The molecule has 3 atom stereocenters. The molecular formula is C31H43N3O3.